The predicted molar refractivity (Wildman–Crippen MR) is 65.5 cm³/mol. The van der Waals surface area contributed by atoms with Crippen LogP contribution >= 0.6 is 0 Å². The molecule has 0 aliphatic heterocycles. The highest BCUT2D eigenvalue weighted by atomic mass is 16.6. The Kier molecular flexibility index (Phi) is 7.66. The lowest BCUT2D eigenvalue weighted by atomic mass is 10.2. The van der Waals surface area contributed by atoms with Gasteiger partial charge in [-0.2, -0.15) is 0 Å². The normalized spacial score (nSPS) is 12.6. The number of hydrogen-bond donors (Lipinski definition) is 1. The highest BCUT2D eigenvalue weighted by molar-refractivity contribution is 5.96. The Morgan fingerprint density at radius 2 is 2.19 bits per heavy atom. The summed E-state index contributed by atoms with van der Waals surface area (Å²) in [5.41, 5.74) is 6.43. The number of nitrogens with zero attached hydrogens (tertiary/aromatic N) is 3. The zero-order valence-electron chi connectivity index (χ0n) is 9.56. The summed E-state index contributed by atoms with van der Waals surface area (Å²) < 4.78 is 0. The molecule has 0 heterocycles. The van der Waals surface area contributed by atoms with Crippen LogP contribution in [0.15, 0.2) is 21.8 Å². The molecule has 0 aliphatic rings. The van der Waals surface area contributed by atoms with E-state index in [0.29, 0.717) is 18.8 Å². The van der Waals surface area contributed by atoms with Crippen molar-refractivity contribution in [1.82, 2.24) is 0 Å². The van der Waals surface area contributed by atoms with Crippen molar-refractivity contribution in [1.29, 1.82) is 0 Å². The third-order valence-corrected chi connectivity index (χ3v) is 1.97. The van der Waals surface area contributed by atoms with Crippen molar-refractivity contribution in [2.75, 3.05) is 13.1 Å². The fourth-order valence-electron chi connectivity index (χ4n) is 1.06. The minimum Gasteiger partial charge on any atom is -0.384 e. The first kappa shape index (κ1) is 14.3. The highest BCUT2D eigenvalue weighted by Gasteiger charge is 1.97. The van der Waals surface area contributed by atoms with Crippen LogP contribution in [0.25, 0.3) is 0 Å². The molecule has 0 saturated carbocycles. The molecule has 2 N–H and O–H groups in total. The predicted octanol–water partition coefficient (Wildman–Crippen LogP) is 1.40. The van der Waals surface area contributed by atoms with Gasteiger partial charge in [-0.1, -0.05) is 0 Å². The van der Waals surface area contributed by atoms with Gasteiger partial charge in [0.2, 0.25) is 6.54 Å². The molecule has 0 aromatic heterocycles. The topological polar surface area (TPSA) is 93.9 Å². The Morgan fingerprint density at radius 3 is 2.75 bits per heavy atom. The molecule has 0 saturated heterocycles. The van der Waals surface area contributed by atoms with Gasteiger partial charge in [-0.3, -0.25) is 20.1 Å². The fourth-order valence-corrected chi connectivity index (χ4v) is 1.06. The molecule has 6 heteroatoms. The molecular formula is C10H18N4O2. The number of aliphatic imine (C=N–C) groups is 2. The molecule has 0 spiro atoms. The van der Waals surface area contributed by atoms with E-state index in [2.05, 4.69) is 16.7 Å². The van der Waals surface area contributed by atoms with Gasteiger partial charge in [0.1, 0.15) is 5.84 Å². The van der Waals surface area contributed by atoms with Gasteiger partial charge in [-0.05, 0) is 26.5 Å². The maximum atomic E-state index is 10.0. The number of amidine groups is 1. The van der Waals surface area contributed by atoms with E-state index in [9.17, 15) is 10.1 Å². The summed E-state index contributed by atoms with van der Waals surface area (Å²) in [5, 5.41) is 10.0. The van der Waals surface area contributed by atoms with Crippen molar-refractivity contribution in [2.45, 2.75) is 26.2 Å². The summed E-state index contributed by atoms with van der Waals surface area (Å²) in [7, 11) is 0. The van der Waals surface area contributed by atoms with Crippen LogP contribution in [0.2, 0.25) is 0 Å². The lowest BCUT2D eigenvalue weighted by Crippen LogP contribution is -2.13. The zero-order chi connectivity index (χ0) is 12.4. The Hall–Kier alpha value is -1.72. The number of nitro groups is 1. The smallest absolute Gasteiger partial charge is 0.203 e. The number of hydrogen-bond acceptors (Lipinski definition) is 4. The van der Waals surface area contributed by atoms with Gasteiger partial charge >= 0.3 is 0 Å². The van der Waals surface area contributed by atoms with Crippen LogP contribution in [0.1, 0.15) is 26.2 Å². The van der Waals surface area contributed by atoms with E-state index >= 15 is 0 Å². The summed E-state index contributed by atoms with van der Waals surface area (Å²) in [4.78, 5) is 17.4. The van der Waals surface area contributed by atoms with Gasteiger partial charge in [-0.25, -0.2) is 0 Å². The quantitative estimate of drug-likeness (QED) is 0.223. The molecule has 0 rings (SSSR count). The zero-order valence-corrected chi connectivity index (χ0v) is 9.56. The molecule has 0 aromatic rings. The van der Waals surface area contributed by atoms with E-state index in [0.717, 1.165) is 18.4 Å². The van der Waals surface area contributed by atoms with Gasteiger partial charge in [-0.15, -0.1) is 0 Å². The Morgan fingerprint density at radius 1 is 1.50 bits per heavy atom. The molecule has 0 fully saturated rings. The molecule has 16 heavy (non-hydrogen) atoms. The van der Waals surface area contributed by atoms with Crippen molar-refractivity contribution < 1.29 is 4.92 Å². The second-order valence-corrected chi connectivity index (χ2v) is 3.38. The van der Waals surface area contributed by atoms with Crippen LogP contribution in [0, 0.1) is 10.1 Å². The third kappa shape index (κ3) is 7.66. The summed E-state index contributed by atoms with van der Waals surface area (Å²) in [6, 6.07) is 0. The summed E-state index contributed by atoms with van der Waals surface area (Å²) in [6.45, 7) is 5.74. The van der Waals surface area contributed by atoms with Gasteiger partial charge in [0.15, 0.2) is 0 Å². The molecule has 0 atom stereocenters. The van der Waals surface area contributed by atoms with E-state index in [1.54, 1.807) is 13.1 Å². The largest absolute Gasteiger partial charge is 0.384 e. The van der Waals surface area contributed by atoms with Crippen molar-refractivity contribution in [3.05, 3.63) is 21.9 Å². The van der Waals surface area contributed by atoms with Crippen molar-refractivity contribution in [3.63, 3.8) is 0 Å². The van der Waals surface area contributed by atoms with Crippen LogP contribution in [0.3, 0.4) is 0 Å². The Balaban J connectivity index is 3.71. The molecule has 90 valence electrons. The minimum atomic E-state index is -0.305. The number of nitrogens with two attached hydrogens (primary N) is 1. The lowest BCUT2D eigenvalue weighted by molar-refractivity contribution is -0.480. The average Bonchev–Trinajstić information content (AvgIpc) is 2.22. The van der Waals surface area contributed by atoms with E-state index < -0.39 is 0 Å². The molecule has 6 nitrogen and oxygen atoms in total. The van der Waals surface area contributed by atoms with Crippen molar-refractivity contribution in [2.24, 2.45) is 15.7 Å². The van der Waals surface area contributed by atoms with Crippen LogP contribution in [-0.2, 0) is 0 Å². The Bertz CT molecular complexity index is 297. The Labute approximate surface area is 95.1 Å². The minimum absolute atomic E-state index is 0.0263. The number of unbranched alkanes of at least 4 members (excludes halogenated alkanes) is 2. The van der Waals surface area contributed by atoms with E-state index in [1.165, 1.54) is 0 Å². The summed E-state index contributed by atoms with van der Waals surface area (Å²) in [5.74, 6) is 0.446. The van der Waals surface area contributed by atoms with Crippen LogP contribution in [0.4, 0.5) is 0 Å². The van der Waals surface area contributed by atoms with E-state index in [-0.39, 0.29) is 11.5 Å². The van der Waals surface area contributed by atoms with Gasteiger partial charge in [0.25, 0.3) is 0 Å². The molecular weight excluding hydrogens is 208 g/mol. The van der Waals surface area contributed by atoms with Crippen molar-refractivity contribution >= 4 is 12.6 Å². The standard InChI is InChI=1S/C10H18N4O2/c1-9(8-12-2)10(11)13-6-4-3-5-7-14(15)16/h8H,2-7H2,1H3,(H2,11,13). The second kappa shape index (κ2) is 8.58. The molecule has 0 amide bonds. The molecule has 0 aliphatic carbocycles. The van der Waals surface area contributed by atoms with E-state index in [4.69, 9.17) is 5.73 Å². The highest BCUT2D eigenvalue weighted by Crippen LogP contribution is 1.98. The third-order valence-electron chi connectivity index (χ3n) is 1.97. The number of rotatable bonds is 8. The second-order valence-electron chi connectivity index (χ2n) is 3.38. The van der Waals surface area contributed by atoms with Gasteiger partial charge in [0.05, 0.1) is 0 Å². The summed E-state index contributed by atoms with van der Waals surface area (Å²) in [6.07, 6.45) is 3.74. The molecule has 0 unspecified atom stereocenters. The molecule has 0 bridgehead atoms. The average molecular weight is 226 g/mol. The van der Waals surface area contributed by atoms with Gasteiger partial charge in [0, 0.05) is 29.7 Å². The van der Waals surface area contributed by atoms with E-state index in [1.807, 2.05) is 0 Å². The molecule has 0 radical (unpaired) electrons. The lowest BCUT2D eigenvalue weighted by Gasteiger charge is -1.99. The molecule has 0 aromatic carbocycles. The monoisotopic (exact) mass is 226 g/mol. The van der Waals surface area contributed by atoms with Crippen LogP contribution in [0.5, 0.6) is 0 Å². The van der Waals surface area contributed by atoms with Crippen molar-refractivity contribution in [3.8, 4) is 0 Å². The summed E-state index contributed by atoms with van der Waals surface area (Å²) >= 11 is 0. The fraction of sp³-hybridized carbons (Fsp3) is 0.600. The maximum Gasteiger partial charge on any atom is 0.203 e. The SMILES string of the molecule is C=NC=C(C)C(N)=NCCCCC[N+](=O)[O-]. The van der Waals surface area contributed by atoms with Gasteiger partial charge < -0.3 is 5.73 Å². The van der Waals surface area contributed by atoms with Crippen LogP contribution in [-0.4, -0.2) is 30.6 Å². The first-order chi connectivity index (χ1) is 7.57. The first-order valence-corrected chi connectivity index (χ1v) is 5.12. The van der Waals surface area contributed by atoms with Crippen LogP contribution < -0.4 is 5.73 Å². The first-order valence-electron chi connectivity index (χ1n) is 5.12. The maximum absolute atomic E-state index is 10.0.